The molecule has 0 saturated carbocycles. The Labute approximate surface area is 99.2 Å². The molecule has 1 rings (SSSR count). The molecule has 3 atom stereocenters. The molecular weight excluding hydrogens is 314 g/mol. The molecule has 0 amide bonds. The lowest BCUT2D eigenvalue weighted by Gasteiger charge is -2.10. The van der Waals surface area contributed by atoms with Crippen LogP contribution >= 0.6 is 30.0 Å². The number of halogens is 1. The van der Waals surface area contributed by atoms with Crippen LogP contribution in [0.5, 0.6) is 0 Å². The molecule has 1 heterocycles. The number of alkyl halides is 1. The Morgan fingerprint density at radius 3 is 2.71 bits per heavy atom. The van der Waals surface area contributed by atoms with Crippen LogP contribution in [0.1, 0.15) is 32.1 Å². The molecule has 0 bridgehead atoms. The van der Waals surface area contributed by atoms with Crippen LogP contribution in [-0.4, -0.2) is 27.9 Å². The van der Waals surface area contributed by atoms with Crippen molar-refractivity contribution in [2.75, 3.05) is 12.8 Å². The predicted molar refractivity (Wildman–Crippen MR) is 66.4 cm³/mol. The Balaban J connectivity index is 2.02. The number of hydrogen-bond donors (Lipinski definition) is 1. The van der Waals surface area contributed by atoms with E-state index >= 15 is 0 Å². The van der Waals surface area contributed by atoms with Gasteiger partial charge in [0.2, 0.25) is 0 Å². The van der Waals surface area contributed by atoms with Gasteiger partial charge in [-0.05, 0) is 25.7 Å². The molecule has 0 aromatic heterocycles. The van der Waals surface area contributed by atoms with Gasteiger partial charge in [-0.25, -0.2) is 0 Å². The third-order valence-electron chi connectivity index (χ3n) is 2.40. The number of rotatable bonds is 5. The van der Waals surface area contributed by atoms with E-state index < -0.39 is 7.37 Å². The van der Waals surface area contributed by atoms with Crippen LogP contribution in [-0.2, 0) is 9.30 Å². The second-order valence-electron chi connectivity index (χ2n) is 4.02. The average Bonchev–Trinajstić information content (AvgIpc) is 2.44. The summed E-state index contributed by atoms with van der Waals surface area (Å²) in [7, 11) is -2.78. The molecule has 0 aromatic rings. The third kappa shape index (κ3) is 5.69. The molecule has 1 saturated heterocycles. The van der Waals surface area contributed by atoms with Crippen molar-refractivity contribution in [2.45, 2.75) is 42.3 Å². The lowest BCUT2D eigenvalue weighted by atomic mass is 10.1. The summed E-state index contributed by atoms with van der Waals surface area (Å²) in [6, 6.07) is 0. The molecule has 1 N–H and O–H groups in total. The minimum atomic E-state index is -2.78. The van der Waals surface area contributed by atoms with E-state index in [2.05, 4.69) is 22.6 Å². The fourth-order valence-electron chi connectivity index (χ4n) is 1.65. The summed E-state index contributed by atoms with van der Waals surface area (Å²) in [4.78, 5) is 9.07. The van der Waals surface area contributed by atoms with Gasteiger partial charge in [-0.15, -0.1) is 0 Å². The first kappa shape index (κ1) is 12.9. The Bertz CT molecular complexity index is 216. The Morgan fingerprint density at radius 2 is 2.21 bits per heavy atom. The van der Waals surface area contributed by atoms with Gasteiger partial charge in [0.05, 0.1) is 6.10 Å². The van der Waals surface area contributed by atoms with Crippen molar-refractivity contribution in [2.24, 2.45) is 0 Å². The van der Waals surface area contributed by atoms with Crippen LogP contribution in [0.15, 0.2) is 0 Å². The van der Waals surface area contributed by atoms with E-state index in [-0.39, 0.29) is 0 Å². The fourth-order valence-corrected chi connectivity index (χ4v) is 3.24. The molecule has 14 heavy (non-hydrogen) atoms. The van der Waals surface area contributed by atoms with Crippen molar-refractivity contribution in [1.82, 2.24) is 0 Å². The second kappa shape index (κ2) is 5.83. The lowest BCUT2D eigenvalue weighted by Crippen LogP contribution is -2.06. The maximum atomic E-state index is 11.0. The first-order valence-electron chi connectivity index (χ1n) is 5.06. The summed E-state index contributed by atoms with van der Waals surface area (Å²) in [5.74, 6) is 0. The molecule has 5 heteroatoms. The smallest absolute Gasteiger partial charge is 0.197 e. The fraction of sp³-hybridized carbons (Fsp3) is 1.00. The summed E-state index contributed by atoms with van der Waals surface area (Å²) < 4.78 is 17.0. The van der Waals surface area contributed by atoms with E-state index in [0.29, 0.717) is 16.4 Å². The molecular formula is C9H18IO3P. The minimum Gasteiger partial charge on any atom is -0.365 e. The highest BCUT2D eigenvalue weighted by atomic mass is 127. The summed E-state index contributed by atoms with van der Waals surface area (Å²) in [5, 5.41) is 0. The van der Waals surface area contributed by atoms with Gasteiger partial charge in [0.15, 0.2) is 7.37 Å². The average molecular weight is 332 g/mol. The normalized spacial score (nSPS) is 31.6. The molecule has 1 aliphatic rings. The van der Waals surface area contributed by atoms with Gasteiger partial charge in [-0.1, -0.05) is 29.0 Å². The number of hydrogen-bond acceptors (Lipinski definition) is 2. The molecule has 0 aliphatic carbocycles. The van der Waals surface area contributed by atoms with E-state index in [1.165, 1.54) is 6.66 Å². The number of unbranched alkanes of at least 4 members (excludes halogenated alkanes) is 1. The van der Waals surface area contributed by atoms with E-state index in [1.807, 2.05) is 0 Å². The van der Waals surface area contributed by atoms with Gasteiger partial charge < -0.3 is 9.63 Å². The highest BCUT2D eigenvalue weighted by Crippen LogP contribution is 2.36. The Kier molecular flexibility index (Phi) is 5.39. The molecule has 1 fully saturated rings. The van der Waals surface area contributed by atoms with Crippen molar-refractivity contribution in [1.29, 1.82) is 0 Å². The quantitative estimate of drug-likeness (QED) is 0.364. The van der Waals surface area contributed by atoms with Crippen molar-refractivity contribution >= 4 is 30.0 Å². The van der Waals surface area contributed by atoms with E-state index in [4.69, 9.17) is 9.63 Å². The van der Waals surface area contributed by atoms with E-state index in [1.54, 1.807) is 0 Å². The van der Waals surface area contributed by atoms with Gasteiger partial charge in [0.25, 0.3) is 0 Å². The van der Waals surface area contributed by atoms with E-state index in [9.17, 15) is 4.57 Å². The molecule has 3 unspecified atom stereocenters. The lowest BCUT2D eigenvalue weighted by molar-refractivity contribution is 0.0924. The van der Waals surface area contributed by atoms with Crippen LogP contribution in [0.2, 0.25) is 0 Å². The van der Waals surface area contributed by atoms with Crippen LogP contribution < -0.4 is 0 Å². The topological polar surface area (TPSA) is 46.5 Å². The Morgan fingerprint density at radius 1 is 1.50 bits per heavy atom. The zero-order chi connectivity index (χ0) is 10.6. The van der Waals surface area contributed by atoms with E-state index in [0.717, 1.165) is 32.1 Å². The second-order valence-corrected chi connectivity index (χ2v) is 7.95. The maximum absolute atomic E-state index is 11.0. The molecule has 3 nitrogen and oxygen atoms in total. The highest BCUT2D eigenvalue weighted by Gasteiger charge is 2.22. The first-order chi connectivity index (χ1) is 6.47. The van der Waals surface area contributed by atoms with Crippen LogP contribution in [0.4, 0.5) is 0 Å². The summed E-state index contributed by atoms with van der Waals surface area (Å²) in [5.41, 5.74) is 0. The zero-order valence-corrected chi connectivity index (χ0v) is 11.5. The third-order valence-corrected chi connectivity index (χ3v) is 4.47. The molecule has 84 valence electrons. The molecule has 0 radical (unpaired) electrons. The van der Waals surface area contributed by atoms with Crippen molar-refractivity contribution < 1.29 is 14.2 Å². The summed E-state index contributed by atoms with van der Waals surface area (Å²) in [6.07, 6.45) is 6.04. The monoisotopic (exact) mass is 332 g/mol. The molecule has 0 spiro atoms. The van der Waals surface area contributed by atoms with Crippen LogP contribution in [0.3, 0.4) is 0 Å². The molecule has 1 aliphatic heterocycles. The van der Waals surface area contributed by atoms with Crippen LogP contribution in [0.25, 0.3) is 0 Å². The predicted octanol–water partition coefficient (Wildman–Crippen LogP) is 3.00. The van der Waals surface area contributed by atoms with Crippen molar-refractivity contribution in [3.05, 3.63) is 0 Å². The van der Waals surface area contributed by atoms with Gasteiger partial charge in [-0.3, -0.25) is 4.57 Å². The van der Waals surface area contributed by atoms with Gasteiger partial charge in [0.1, 0.15) is 4.11 Å². The summed E-state index contributed by atoms with van der Waals surface area (Å²) >= 11 is 2.31. The van der Waals surface area contributed by atoms with Gasteiger partial charge >= 0.3 is 0 Å². The largest absolute Gasteiger partial charge is 0.365 e. The summed E-state index contributed by atoms with van der Waals surface area (Å²) in [6.45, 7) is 1.43. The Hall–Kier alpha value is 0.880. The van der Waals surface area contributed by atoms with Gasteiger partial charge in [-0.2, -0.15) is 0 Å². The SMILES string of the molecule is CP(=O)(O)CCCCC1CCC(I)O1. The van der Waals surface area contributed by atoms with Crippen LogP contribution in [0, 0.1) is 0 Å². The van der Waals surface area contributed by atoms with Crippen molar-refractivity contribution in [3.8, 4) is 0 Å². The molecule has 0 aromatic carbocycles. The highest BCUT2D eigenvalue weighted by molar-refractivity contribution is 14.1. The van der Waals surface area contributed by atoms with Gasteiger partial charge in [0, 0.05) is 12.8 Å². The number of ether oxygens (including phenoxy) is 1. The first-order valence-corrected chi connectivity index (χ1v) is 8.60. The van der Waals surface area contributed by atoms with Crippen molar-refractivity contribution in [3.63, 3.8) is 0 Å². The minimum absolute atomic E-state index is 0.382. The maximum Gasteiger partial charge on any atom is 0.197 e. The zero-order valence-electron chi connectivity index (χ0n) is 8.49. The standard InChI is InChI=1S/C9H18IO3P/c1-14(11,12)7-3-2-4-8-5-6-9(10)13-8/h8-9H,2-7H2,1H3,(H,11,12).